The normalized spacial score (nSPS) is 11.4. The van der Waals surface area contributed by atoms with Gasteiger partial charge in [-0.1, -0.05) is 12.1 Å². The average Bonchev–Trinajstić information content (AvgIpc) is 2.47. The Morgan fingerprint density at radius 1 is 1.14 bits per heavy atom. The van der Waals surface area contributed by atoms with Crippen molar-refractivity contribution in [2.24, 2.45) is 5.73 Å². The van der Waals surface area contributed by atoms with E-state index in [-0.39, 0.29) is 0 Å². The molecule has 0 aliphatic heterocycles. The maximum absolute atomic E-state index is 12.6. The van der Waals surface area contributed by atoms with Crippen molar-refractivity contribution in [1.29, 1.82) is 0 Å². The molecular weight excluding hydrogens is 281 g/mol. The highest BCUT2D eigenvalue weighted by Crippen LogP contribution is 2.31. The minimum atomic E-state index is -4.34. The van der Waals surface area contributed by atoms with Gasteiger partial charge in [-0.25, -0.2) is 9.97 Å². The van der Waals surface area contributed by atoms with Crippen molar-refractivity contribution in [3.63, 3.8) is 0 Å². The van der Waals surface area contributed by atoms with E-state index >= 15 is 0 Å². The van der Waals surface area contributed by atoms with Gasteiger partial charge < -0.3 is 11.1 Å². The predicted molar refractivity (Wildman–Crippen MR) is 74.6 cm³/mol. The molecular formula is C14H15F3N4. The molecule has 0 aliphatic carbocycles. The van der Waals surface area contributed by atoms with E-state index in [0.29, 0.717) is 30.0 Å². The van der Waals surface area contributed by atoms with Crippen LogP contribution < -0.4 is 11.1 Å². The number of rotatable bonds is 5. The minimum Gasteiger partial charge on any atom is -0.382 e. The molecule has 0 bridgehead atoms. The first-order chi connectivity index (χ1) is 10.0. The summed E-state index contributed by atoms with van der Waals surface area (Å²) >= 11 is 0. The van der Waals surface area contributed by atoms with E-state index in [4.69, 9.17) is 5.73 Å². The molecule has 0 radical (unpaired) electrons. The summed E-state index contributed by atoms with van der Waals surface area (Å²) < 4.78 is 37.7. The Bertz CT molecular complexity index is 582. The molecule has 1 heterocycles. The van der Waals surface area contributed by atoms with Crippen LogP contribution in [0.2, 0.25) is 0 Å². The molecule has 0 saturated heterocycles. The lowest BCUT2D eigenvalue weighted by atomic mass is 10.1. The standard InChI is InChI=1S/C14H15F3N4/c15-14(16,17)11-4-2-10(3-5-11)13-12(8-19-9-21-13)20-7-1-6-18/h2-5,8-9,20H,1,6-7,18H2. The van der Waals surface area contributed by atoms with Crippen LogP contribution in [-0.4, -0.2) is 23.1 Å². The highest BCUT2D eigenvalue weighted by molar-refractivity contribution is 5.73. The Morgan fingerprint density at radius 3 is 2.48 bits per heavy atom. The molecule has 21 heavy (non-hydrogen) atoms. The van der Waals surface area contributed by atoms with Gasteiger partial charge in [0.2, 0.25) is 0 Å². The highest BCUT2D eigenvalue weighted by Gasteiger charge is 2.30. The summed E-state index contributed by atoms with van der Waals surface area (Å²) in [6.45, 7) is 1.20. The molecule has 1 aromatic carbocycles. The molecule has 2 rings (SSSR count). The summed E-state index contributed by atoms with van der Waals surface area (Å²) in [5, 5.41) is 3.13. The van der Waals surface area contributed by atoms with Crippen LogP contribution in [-0.2, 0) is 6.18 Å². The SMILES string of the molecule is NCCCNc1cncnc1-c1ccc(C(F)(F)F)cc1. The third kappa shape index (κ3) is 3.91. The summed E-state index contributed by atoms with van der Waals surface area (Å²) in [6, 6.07) is 4.89. The minimum absolute atomic E-state index is 0.552. The third-order valence-corrected chi connectivity index (χ3v) is 2.89. The molecule has 4 nitrogen and oxygen atoms in total. The van der Waals surface area contributed by atoms with Crippen molar-refractivity contribution in [2.45, 2.75) is 12.6 Å². The number of halogens is 3. The van der Waals surface area contributed by atoms with Gasteiger partial charge in [-0.15, -0.1) is 0 Å². The summed E-state index contributed by atoms with van der Waals surface area (Å²) in [7, 11) is 0. The first-order valence-corrected chi connectivity index (χ1v) is 6.44. The largest absolute Gasteiger partial charge is 0.416 e. The molecule has 0 fully saturated rings. The molecule has 0 aliphatic rings. The zero-order valence-corrected chi connectivity index (χ0v) is 11.2. The number of hydrogen-bond acceptors (Lipinski definition) is 4. The predicted octanol–water partition coefficient (Wildman–Crippen LogP) is 2.92. The van der Waals surface area contributed by atoms with E-state index < -0.39 is 11.7 Å². The average molecular weight is 296 g/mol. The number of hydrogen-bond donors (Lipinski definition) is 2. The first kappa shape index (κ1) is 15.2. The number of alkyl halides is 3. The quantitative estimate of drug-likeness (QED) is 0.833. The fourth-order valence-electron chi connectivity index (χ4n) is 1.83. The molecule has 2 aromatic rings. The zero-order valence-electron chi connectivity index (χ0n) is 11.2. The van der Waals surface area contributed by atoms with Gasteiger partial charge in [0, 0.05) is 12.1 Å². The lowest BCUT2D eigenvalue weighted by Crippen LogP contribution is -2.09. The van der Waals surface area contributed by atoms with Crippen molar-refractivity contribution in [1.82, 2.24) is 9.97 Å². The van der Waals surface area contributed by atoms with E-state index in [2.05, 4.69) is 15.3 Å². The number of nitrogens with two attached hydrogens (primary N) is 1. The second-order valence-corrected chi connectivity index (χ2v) is 4.43. The molecule has 1 aromatic heterocycles. The second-order valence-electron chi connectivity index (χ2n) is 4.43. The van der Waals surface area contributed by atoms with Crippen molar-refractivity contribution in [2.75, 3.05) is 18.4 Å². The Kier molecular flexibility index (Phi) is 4.74. The van der Waals surface area contributed by atoms with Crippen molar-refractivity contribution >= 4 is 5.69 Å². The fraction of sp³-hybridized carbons (Fsp3) is 0.286. The summed E-state index contributed by atoms with van der Waals surface area (Å²) in [6.07, 6.45) is -0.606. The molecule has 0 unspecified atom stereocenters. The summed E-state index contributed by atoms with van der Waals surface area (Å²) in [5.74, 6) is 0. The van der Waals surface area contributed by atoms with Gasteiger partial charge >= 0.3 is 6.18 Å². The fourth-order valence-corrected chi connectivity index (χ4v) is 1.83. The van der Waals surface area contributed by atoms with Gasteiger partial charge in [0.1, 0.15) is 6.33 Å². The van der Waals surface area contributed by atoms with Crippen LogP contribution in [0, 0.1) is 0 Å². The van der Waals surface area contributed by atoms with Crippen molar-refractivity contribution < 1.29 is 13.2 Å². The molecule has 0 saturated carbocycles. The van der Waals surface area contributed by atoms with Crippen molar-refractivity contribution in [3.8, 4) is 11.3 Å². The number of benzene rings is 1. The summed E-state index contributed by atoms with van der Waals surface area (Å²) in [5.41, 5.74) is 6.57. The van der Waals surface area contributed by atoms with E-state index in [1.807, 2.05) is 0 Å². The topological polar surface area (TPSA) is 63.8 Å². The Morgan fingerprint density at radius 2 is 1.86 bits per heavy atom. The van der Waals surface area contributed by atoms with E-state index in [1.165, 1.54) is 18.5 Å². The molecule has 0 atom stereocenters. The molecule has 0 amide bonds. The van der Waals surface area contributed by atoms with Gasteiger partial charge in [0.05, 0.1) is 23.1 Å². The van der Waals surface area contributed by atoms with E-state index in [1.54, 1.807) is 6.20 Å². The molecule has 0 spiro atoms. The number of anilines is 1. The van der Waals surface area contributed by atoms with E-state index in [9.17, 15) is 13.2 Å². The van der Waals surface area contributed by atoms with Gasteiger partial charge in [0.15, 0.2) is 0 Å². The van der Waals surface area contributed by atoms with Crippen LogP contribution in [0.4, 0.5) is 18.9 Å². The Hall–Kier alpha value is -2.15. The molecule has 3 N–H and O–H groups in total. The van der Waals surface area contributed by atoms with Gasteiger partial charge in [-0.3, -0.25) is 0 Å². The Balaban J connectivity index is 2.25. The Labute approximate surface area is 120 Å². The molecule has 112 valence electrons. The highest BCUT2D eigenvalue weighted by atomic mass is 19.4. The van der Waals surface area contributed by atoms with Gasteiger partial charge in [0.25, 0.3) is 0 Å². The number of nitrogens with zero attached hydrogens (tertiary/aromatic N) is 2. The summed E-state index contributed by atoms with van der Waals surface area (Å²) in [4.78, 5) is 8.05. The third-order valence-electron chi connectivity index (χ3n) is 2.89. The van der Waals surface area contributed by atoms with E-state index in [0.717, 1.165) is 18.6 Å². The monoisotopic (exact) mass is 296 g/mol. The number of nitrogens with one attached hydrogen (secondary N) is 1. The van der Waals surface area contributed by atoms with Crippen molar-refractivity contribution in [3.05, 3.63) is 42.4 Å². The van der Waals surface area contributed by atoms with Crippen LogP contribution in [0.25, 0.3) is 11.3 Å². The second kappa shape index (κ2) is 6.53. The van der Waals surface area contributed by atoms with Crippen LogP contribution in [0.3, 0.4) is 0 Å². The van der Waals surface area contributed by atoms with Gasteiger partial charge in [-0.2, -0.15) is 13.2 Å². The van der Waals surface area contributed by atoms with Crippen LogP contribution in [0.5, 0.6) is 0 Å². The maximum Gasteiger partial charge on any atom is 0.416 e. The van der Waals surface area contributed by atoms with Gasteiger partial charge in [-0.05, 0) is 25.1 Å². The lowest BCUT2D eigenvalue weighted by molar-refractivity contribution is -0.137. The van der Waals surface area contributed by atoms with Crippen LogP contribution in [0.1, 0.15) is 12.0 Å². The van der Waals surface area contributed by atoms with Crippen LogP contribution in [0.15, 0.2) is 36.8 Å². The number of aromatic nitrogens is 2. The van der Waals surface area contributed by atoms with Crippen LogP contribution >= 0.6 is 0 Å². The maximum atomic E-state index is 12.6. The smallest absolute Gasteiger partial charge is 0.382 e. The zero-order chi connectivity index (χ0) is 15.3. The first-order valence-electron chi connectivity index (χ1n) is 6.44. The lowest BCUT2D eigenvalue weighted by Gasteiger charge is -2.11. The molecule has 7 heteroatoms.